The first kappa shape index (κ1) is 25.5. The van der Waals surface area contributed by atoms with E-state index >= 15 is 0 Å². The van der Waals surface area contributed by atoms with Crippen molar-refractivity contribution < 1.29 is 39.5 Å². The summed E-state index contributed by atoms with van der Waals surface area (Å²) in [5.41, 5.74) is -6.70. The zero-order chi connectivity index (χ0) is 23.8. The van der Waals surface area contributed by atoms with Crippen molar-refractivity contribution in [3.8, 4) is 5.69 Å². The van der Waals surface area contributed by atoms with Crippen LogP contribution in [0.2, 0.25) is 10.0 Å². The van der Waals surface area contributed by atoms with Crippen LogP contribution in [-0.2, 0) is 6.18 Å². The van der Waals surface area contributed by atoms with E-state index in [0.717, 1.165) is 6.92 Å². The van der Waals surface area contributed by atoms with Gasteiger partial charge in [0.25, 0.3) is 0 Å². The maximum Gasteiger partial charge on any atom is 0.446 e. The van der Waals surface area contributed by atoms with Gasteiger partial charge >= 0.3 is 17.9 Å². The van der Waals surface area contributed by atoms with Gasteiger partial charge in [0.2, 0.25) is 0 Å². The summed E-state index contributed by atoms with van der Waals surface area (Å²) in [6.45, 7) is -0.481. The second-order valence-electron chi connectivity index (χ2n) is 5.74. The van der Waals surface area contributed by atoms with Gasteiger partial charge in [-0.25, -0.2) is 4.68 Å². The van der Waals surface area contributed by atoms with Gasteiger partial charge in [0, 0.05) is 0 Å². The van der Waals surface area contributed by atoms with E-state index in [2.05, 4.69) is 15.4 Å². The highest BCUT2D eigenvalue weighted by Gasteiger charge is 2.35. The molecule has 0 unspecified atom stereocenters. The lowest BCUT2D eigenvalue weighted by Gasteiger charge is -2.15. The second-order valence-corrected chi connectivity index (χ2v) is 7.63. The molecule has 0 atom stereocenters. The SMILES string of the molecule is Cc1nn(-c2c(Cl)cc(C(F)(F)F)cc2Cl)c(NC=NCC(F)(F)F)c1SC(F)(F)F. The van der Waals surface area contributed by atoms with Crippen molar-refractivity contribution in [2.24, 2.45) is 4.99 Å². The standard InChI is InChI=1S/C15H9Cl2F9N4S/c1-6-11(31-15(24,25)26)12(28-5-27-4-13(18,19)20)30(29-6)10-8(16)2-7(3-9(10)17)14(21,22)23/h2-3,5H,4H2,1H3,(H,27,28). The average molecular weight is 519 g/mol. The van der Waals surface area contributed by atoms with Gasteiger partial charge in [0.1, 0.15) is 18.1 Å². The zero-order valence-electron chi connectivity index (χ0n) is 14.8. The Hall–Kier alpha value is -1.80. The molecular formula is C15H9Cl2F9N4S. The number of aryl methyl sites for hydroxylation is 1. The van der Waals surface area contributed by atoms with Gasteiger partial charge in [0.15, 0.2) is 0 Å². The van der Waals surface area contributed by atoms with Crippen LogP contribution in [0.15, 0.2) is 22.0 Å². The molecule has 0 aliphatic heterocycles. The summed E-state index contributed by atoms with van der Waals surface area (Å²) >= 11 is 11.1. The first-order valence-electron chi connectivity index (χ1n) is 7.73. The van der Waals surface area contributed by atoms with Gasteiger partial charge in [-0.15, -0.1) is 0 Å². The van der Waals surface area contributed by atoms with Crippen molar-refractivity contribution >= 4 is 47.1 Å². The van der Waals surface area contributed by atoms with E-state index in [1.165, 1.54) is 0 Å². The van der Waals surface area contributed by atoms with Gasteiger partial charge in [-0.2, -0.15) is 44.6 Å². The second kappa shape index (κ2) is 8.98. The molecule has 0 radical (unpaired) electrons. The predicted octanol–water partition coefficient (Wildman–Crippen LogP) is 7.12. The maximum atomic E-state index is 12.9. The summed E-state index contributed by atoms with van der Waals surface area (Å²) in [7, 11) is 0. The molecule has 0 bridgehead atoms. The van der Waals surface area contributed by atoms with E-state index in [4.69, 9.17) is 23.2 Å². The summed E-state index contributed by atoms with van der Waals surface area (Å²) in [4.78, 5) is 2.43. The van der Waals surface area contributed by atoms with Crippen LogP contribution in [0.5, 0.6) is 0 Å². The van der Waals surface area contributed by atoms with Crippen LogP contribution in [-0.4, -0.2) is 34.3 Å². The van der Waals surface area contributed by atoms with Crippen molar-refractivity contribution in [1.82, 2.24) is 9.78 Å². The summed E-state index contributed by atoms with van der Waals surface area (Å²) in [5, 5.41) is 4.73. The molecule has 0 amide bonds. The Kier molecular flexibility index (Phi) is 7.38. The molecule has 1 aromatic carbocycles. The van der Waals surface area contributed by atoms with Crippen LogP contribution in [0.4, 0.5) is 45.3 Å². The number of hydrogen-bond acceptors (Lipinski definition) is 3. The Balaban J connectivity index is 2.61. The zero-order valence-corrected chi connectivity index (χ0v) is 17.2. The molecule has 2 aromatic rings. The van der Waals surface area contributed by atoms with Crippen molar-refractivity contribution in [3.63, 3.8) is 0 Å². The Morgan fingerprint density at radius 1 is 1.06 bits per heavy atom. The first-order valence-corrected chi connectivity index (χ1v) is 9.30. The quantitative estimate of drug-likeness (QED) is 0.198. The van der Waals surface area contributed by atoms with Gasteiger partial charge in [0.05, 0.1) is 32.5 Å². The van der Waals surface area contributed by atoms with Crippen molar-refractivity contribution in [2.75, 3.05) is 11.9 Å². The van der Waals surface area contributed by atoms with Crippen LogP contribution in [0.3, 0.4) is 0 Å². The highest BCUT2D eigenvalue weighted by molar-refractivity contribution is 8.00. The van der Waals surface area contributed by atoms with Crippen LogP contribution in [0, 0.1) is 6.92 Å². The number of halogens is 11. The number of nitrogens with one attached hydrogen (secondary N) is 1. The summed E-state index contributed by atoms with van der Waals surface area (Å²) in [6, 6.07) is 0.968. The average Bonchev–Trinajstić information content (AvgIpc) is 2.83. The van der Waals surface area contributed by atoms with Crippen molar-refractivity contribution in [3.05, 3.63) is 33.4 Å². The van der Waals surface area contributed by atoms with E-state index in [-0.39, 0.29) is 5.69 Å². The Labute approximate surface area is 182 Å². The number of anilines is 1. The Morgan fingerprint density at radius 3 is 2.06 bits per heavy atom. The van der Waals surface area contributed by atoms with E-state index in [1.807, 2.05) is 0 Å². The van der Waals surface area contributed by atoms with Crippen LogP contribution in [0.1, 0.15) is 11.3 Å². The normalized spacial score (nSPS) is 13.3. The summed E-state index contributed by atoms with van der Waals surface area (Å²) < 4.78 is 115. The Bertz CT molecular complexity index is 958. The lowest BCUT2D eigenvalue weighted by molar-refractivity contribution is -0.137. The van der Waals surface area contributed by atoms with Gasteiger partial charge in [-0.1, -0.05) is 23.2 Å². The minimum Gasteiger partial charge on any atom is -0.330 e. The lowest BCUT2D eigenvalue weighted by atomic mass is 10.2. The number of hydrogen-bond donors (Lipinski definition) is 1. The fourth-order valence-electron chi connectivity index (χ4n) is 2.23. The monoisotopic (exact) mass is 518 g/mol. The molecule has 0 saturated heterocycles. The molecule has 16 heteroatoms. The molecule has 0 aliphatic rings. The van der Waals surface area contributed by atoms with Crippen LogP contribution in [0.25, 0.3) is 5.69 Å². The maximum absolute atomic E-state index is 12.9. The molecule has 1 aromatic heterocycles. The van der Waals surface area contributed by atoms with E-state index < -0.39 is 68.2 Å². The molecule has 2 rings (SSSR count). The molecule has 4 nitrogen and oxygen atoms in total. The fraction of sp³-hybridized carbons (Fsp3) is 0.333. The molecule has 0 aliphatic carbocycles. The fourth-order valence-corrected chi connectivity index (χ4v) is 3.54. The smallest absolute Gasteiger partial charge is 0.330 e. The molecule has 0 saturated carbocycles. The largest absolute Gasteiger partial charge is 0.446 e. The van der Waals surface area contributed by atoms with Gasteiger partial charge in [-0.3, -0.25) is 4.99 Å². The van der Waals surface area contributed by atoms with E-state index in [0.29, 0.717) is 23.2 Å². The molecule has 31 heavy (non-hydrogen) atoms. The number of benzene rings is 1. The number of nitrogens with zero attached hydrogens (tertiary/aromatic N) is 3. The highest BCUT2D eigenvalue weighted by Crippen LogP contribution is 2.45. The first-order chi connectivity index (χ1) is 14.0. The third kappa shape index (κ3) is 6.84. The van der Waals surface area contributed by atoms with Crippen LogP contribution >= 0.6 is 35.0 Å². The molecule has 1 heterocycles. The van der Waals surface area contributed by atoms with Crippen LogP contribution < -0.4 is 5.32 Å². The summed E-state index contributed by atoms with van der Waals surface area (Å²) in [6.07, 6.45) is -9.00. The number of thioether (sulfide) groups is 1. The minimum absolute atomic E-state index is 0.249. The summed E-state index contributed by atoms with van der Waals surface area (Å²) in [5.74, 6) is -0.547. The van der Waals surface area contributed by atoms with Gasteiger partial charge < -0.3 is 5.32 Å². The molecular weight excluding hydrogens is 510 g/mol. The molecule has 0 spiro atoms. The molecule has 0 fully saturated rings. The van der Waals surface area contributed by atoms with E-state index in [1.54, 1.807) is 0 Å². The lowest BCUT2D eigenvalue weighted by Crippen LogP contribution is -2.14. The van der Waals surface area contributed by atoms with Crippen molar-refractivity contribution in [1.29, 1.82) is 0 Å². The van der Waals surface area contributed by atoms with Gasteiger partial charge in [-0.05, 0) is 30.8 Å². The highest BCUT2D eigenvalue weighted by atomic mass is 35.5. The third-order valence-electron chi connectivity index (χ3n) is 3.34. The Morgan fingerprint density at radius 2 is 1.61 bits per heavy atom. The predicted molar refractivity (Wildman–Crippen MR) is 98.3 cm³/mol. The number of rotatable bonds is 5. The van der Waals surface area contributed by atoms with E-state index in [9.17, 15) is 39.5 Å². The number of aromatic nitrogens is 2. The molecule has 1 N–H and O–H groups in total. The number of aliphatic imine (C=N–C) groups is 1. The minimum atomic E-state index is -4.81. The topological polar surface area (TPSA) is 42.2 Å². The third-order valence-corrected chi connectivity index (χ3v) is 4.84. The molecule has 172 valence electrons. The number of alkyl halides is 9. The van der Waals surface area contributed by atoms with Crippen molar-refractivity contribution in [2.45, 2.75) is 29.7 Å².